The predicted molar refractivity (Wildman–Crippen MR) is 85.8 cm³/mol. The monoisotopic (exact) mass is 319 g/mol. The summed E-state index contributed by atoms with van der Waals surface area (Å²) in [5.41, 5.74) is 6.68. The van der Waals surface area contributed by atoms with Gasteiger partial charge in [0.25, 0.3) is 5.91 Å². The minimum absolute atomic E-state index is 0.178. The van der Waals surface area contributed by atoms with E-state index in [1.165, 1.54) is 11.3 Å². The zero-order valence-electron chi connectivity index (χ0n) is 12.1. The lowest BCUT2D eigenvalue weighted by molar-refractivity contribution is -0.125. The van der Waals surface area contributed by atoms with Gasteiger partial charge in [-0.25, -0.2) is 0 Å². The maximum absolute atomic E-state index is 11.6. The number of amidine groups is 1. The van der Waals surface area contributed by atoms with Crippen LogP contribution in [0, 0.1) is 0 Å². The first-order valence-corrected chi connectivity index (χ1v) is 7.46. The van der Waals surface area contributed by atoms with Crippen molar-refractivity contribution >= 4 is 23.1 Å². The number of benzene rings is 1. The highest BCUT2D eigenvalue weighted by Crippen LogP contribution is 2.11. The van der Waals surface area contributed by atoms with Crippen molar-refractivity contribution in [2.24, 2.45) is 10.9 Å². The first kappa shape index (κ1) is 15.8. The van der Waals surface area contributed by atoms with Crippen molar-refractivity contribution in [1.82, 2.24) is 5.32 Å². The Bertz CT molecular complexity index is 624. The van der Waals surface area contributed by atoms with Crippen molar-refractivity contribution in [3.63, 3.8) is 0 Å². The van der Waals surface area contributed by atoms with Gasteiger partial charge in [-0.05, 0) is 29.1 Å². The predicted octanol–water partition coefficient (Wildman–Crippen LogP) is 1.71. The van der Waals surface area contributed by atoms with E-state index in [-0.39, 0.29) is 18.3 Å². The Balaban J connectivity index is 1.72. The third kappa shape index (κ3) is 4.78. The topological polar surface area (TPSA) is 85.9 Å². The van der Waals surface area contributed by atoms with Gasteiger partial charge in [0.15, 0.2) is 12.4 Å². The van der Waals surface area contributed by atoms with Crippen LogP contribution in [0.3, 0.4) is 0 Å². The molecule has 7 heteroatoms. The van der Waals surface area contributed by atoms with E-state index in [1.54, 1.807) is 7.11 Å². The van der Waals surface area contributed by atoms with Gasteiger partial charge in [0.05, 0.1) is 12.0 Å². The van der Waals surface area contributed by atoms with Gasteiger partial charge in [-0.3, -0.25) is 4.79 Å². The fraction of sp³-hybridized carbons (Fsp3) is 0.200. The number of carbonyl (C=O) groups is 1. The van der Waals surface area contributed by atoms with Crippen molar-refractivity contribution in [2.75, 3.05) is 13.7 Å². The maximum atomic E-state index is 11.6. The molecule has 0 aliphatic carbocycles. The number of nitrogens with one attached hydrogen (secondary N) is 1. The number of methoxy groups -OCH3 is 1. The minimum Gasteiger partial charge on any atom is -0.497 e. The van der Waals surface area contributed by atoms with Gasteiger partial charge < -0.3 is 20.6 Å². The van der Waals surface area contributed by atoms with Gasteiger partial charge in [0.1, 0.15) is 5.75 Å². The van der Waals surface area contributed by atoms with Crippen LogP contribution in [0.2, 0.25) is 0 Å². The maximum Gasteiger partial charge on any atom is 0.261 e. The van der Waals surface area contributed by atoms with Crippen LogP contribution < -0.4 is 15.8 Å². The van der Waals surface area contributed by atoms with Gasteiger partial charge in [-0.2, -0.15) is 0 Å². The van der Waals surface area contributed by atoms with Crippen molar-refractivity contribution in [1.29, 1.82) is 0 Å². The van der Waals surface area contributed by atoms with Crippen LogP contribution >= 0.6 is 11.3 Å². The molecule has 2 rings (SSSR count). The van der Waals surface area contributed by atoms with Crippen LogP contribution in [0.15, 0.2) is 46.9 Å². The van der Waals surface area contributed by atoms with Crippen LogP contribution in [0.4, 0.5) is 0 Å². The van der Waals surface area contributed by atoms with Gasteiger partial charge >= 0.3 is 0 Å². The summed E-state index contributed by atoms with van der Waals surface area (Å²) in [7, 11) is 1.61. The van der Waals surface area contributed by atoms with Crippen molar-refractivity contribution in [3.05, 3.63) is 52.2 Å². The van der Waals surface area contributed by atoms with Gasteiger partial charge in [0.2, 0.25) is 0 Å². The molecule has 0 radical (unpaired) electrons. The summed E-state index contributed by atoms with van der Waals surface area (Å²) in [6.45, 7) is 0.235. The molecule has 0 atom stereocenters. The number of nitrogens with zero attached hydrogens (tertiary/aromatic N) is 1. The van der Waals surface area contributed by atoms with E-state index in [0.29, 0.717) is 6.54 Å². The molecular weight excluding hydrogens is 302 g/mol. The molecule has 22 heavy (non-hydrogen) atoms. The van der Waals surface area contributed by atoms with E-state index in [9.17, 15) is 4.79 Å². The van der Waals surface area contributed by atoms with Gasteiger partial charge in [0, 0.05) is 6.54 Å². The average molecular weight is 319 g/mol. The van der Waals surface area contributed by atoms with Crippen molar-refractivity contribution < 1.29 is 14.4 Å². The second-order valence-corrected chi connectivity index (χ2v) is 5.30. The molecule has 0 aliphatic heterocycles. The van der Waals surface area contributed by atoms with Crippen LogP contribution in [-0.2, 0) is 16.2 Å². The standard InChI is InChI=1S/C15H17N3O3S/c1-20-12-6-4-11(5-7-12)9-17-14(19)10-21-18-15(16)13-3-2-8-22-13/h2-8H,9-10H2,1H3,(H2,16,18)(H,17,19). The van der Waals surface area contributed by atoms with Crippen LogP contribution in [0.5, 0.6) is 5.75 Å². The second-order valence-electron chi connectivity index (χ2n) is 4.35. The number of nitrogens with two attached hydrogens (primary N) is 1. The lowest BCUT2D eigenvalue weighted by atomic mass is 10.2. The average Bonchev–Trinajstić information content (AvgIpc) is 3.08. The number of ether oxygens (including phenoxy) is 1. The molecule has 0 spiro atoms. The van der Waals surface area contributed by atoms with Gasteiger partial charge in [-0.15, -0.1) is 11.3 Å². The first-order valence-electron chi connectivity index (χ1n) is 6.58. The zero-order chi connectivity index (χ0) is 15.8. The Morgan fingerprint density at radius 3 is 2.73 bits per heavy atom. The van der Waals surface area contributed by atoms with Crippen molar-refractivity contribution in [3.8, 4) is 5.75 Å². The van der Waals surface area contributed by atoms with E-state index in [0.717, 1.165) is 16.2 Å². The third-order valence-electron chi connectivity index (χ3n) is 2.78. The number of oxime groups is 1. The molecule has 1 aromatic carbocycles. The molecule has 0 unspecified atom stereocenters. The molecule has 1 heterocycles. The Labute approximate surface area is 132 Å². The Morgan fingerprint density at radius 1 is 1.32 bits per heavy atom. The number of hydrogen-bond acceptors (Lipinski definition) is 5. The third-order valence-corrected chi connectivity index (χ3v) is 3.67. The highest BCUT2D eigenvalue weighted by atomic mass is 32.1. The fourth-order valence-electron chi connectivity index (χ4n) is 1.62. The van der Waals surface area contributed by atoms with Crippen LogP contribution in [0.1, 0.15) is 10.4 Å². The zero-order valence-corrected chi connectivity index (χ0v) is 12.9. The summed E-state index contributed by atoms with van der Waals surface area (Å²) < 4.78 is 5.07. The van der Waals surface area contributed by atoms with E-state index in [2.05, 4.69) is 10.5 Å². The number of carbonyl (C=O) groups excluding carboxylic acids is 1. The normalized spacial score (nSPS) is 11.0. The first-order chi connectivity index (χ1) is 10.7. The summed E-state index contributed by atoms with van der Waals surface area (Å²) in [6, 6.07) is 11.1. The minimum atomic E-state index is -0.265. The largest absolute Gasteiger partial charge is 0.497 e. The second kappa shape index (κ2) is 8.04. The highest BCUT2D eigenvalue weighted by Gasteiger charge is 2.04. The Morgan fingerprint density at radius 2 is 2.09 bits per heavy atom. The molecule has 0 aliphatic rings. The summed E-state index contributed by atoms with van der Waals surface area (Å²) in [5.74, 6) is 0.772. The summed E-state index contributed by atoms with van der Waals surface area (Å²) in [6.07, 6.45) is 0. The summed E-state index contributed by atoms with van der Waals surface area (Å²) in [4.78, 5) is 17.4. The van der Waals surface area contributed by atoms with Gasteiger partial charge in [-0.1, -0.05) is 23.4 Å². The van der Waals surface area contributed by atoms with Crippen molar-refractivity contribution in [2.45, 2.75) is 6.54 Å². The van der Waals surface area contributed by atoms with E-state index in [1.807, 2.05) is 41.8 Å². The number of rotatable bonds is 7. The lowest BCUT2D eigenvalue weighted by Crippen LogP contribution is -2.26. The van der Waals surface area contributed by atoms with E-state index in [4.69, 9.17) is 15.3 Å². The molecule has 1 aromatic heterocycles. The molecule has 0 saturated heterocycles. The smallest absolute Gasteiger partial charge is 0.261 e. The molecule has 6 nitrogen and oxygen atoms in total. The van der Waals surface area contributed by atoms with E-state index >= 15 is 0 Å². The van der Waals surface area contributed by atoms with E-state index < -0.39 is 0 Å². The Kier molecular flexibility index (Phi) is 5.79. The Hall–Kier alpha value is -2.54. The summed E-state index contributed by atoms with van der Waals surface area (Å²) in [5, 5.41) is 8.33. The molecule has 0 bridgehead atoms. The molecule has 2 aromatic rings. The highest BCUT2D eigenvalue weighted by molar-refractivity contribution is 7.12. The lowest BCUT2D eigenvalue weighted by Gasteiger charge is -2.06. The fourth-order valence-corrected chi connectivity index (χ4v) is 2.24. The quantitative estimate of drug-likeness (QED) is 0.462. The number of amides is 1. The number of hydrogen-bond donors (Lipinski definition) is 2. The van der Waals surface area contributed by atoms with Crippen LogP contribution in [-0.4, -0.2) is 25.5 Å². The number of thiophene rings is 1. The SMILES string of the molecule is COc1ccc(CNC(=O)CON=C(N)c2cccs2)cc1. The molecule has 0 saturated carbocycles. The molecule has 116 valence electrons. The van der Waals surface area contributed by atoms with Crippen LogP contribution in [0.25, 0.3) is 0 Å². The molecular formula is C15H17N3O3S. The molecule has 0 fully saturated rings. The summed E-state index contributed by atoms with van der Waals surface area (Å²) >= 11 is 1.45. The molecule has 1 amide bonds. The molecule has 3 N–H and O–H groups in total.